The highest BCUT2D eigenvalue weighted by atomic mass is 16.1. The Morgan fingerprint density at radius 3 is 2.61 bits per heavy atom. The summed E-state index contributed by atoms with van der Waals surface area (Å²) in [7, 11) is 0. The van der Waals surface area contributed by atoms with E-state index in [0.29, 0.717) is 17.1 Å². The van der Waals surface area contributed by atoms with Crippen molar-refractivity contribution >= 4 is 17.3 Å². The van der Waals surface area contributed by atoms with Crippen LogP contribution in [0.3, 0.4) is 0 Å². The van der Waals surface area contributed by atoms with Crippen molar-refractivity contribution in [3.8, 4) is 0 Å². The van der Waals surface area contributed by atoms with Crippen LogP contribution in [-0.4, -0.2) is 15.9 Å². The van der Waals surface area contributed by atoms with E-state index >= 15 is 0 Å². The Hall–Kier alpha value is -2.43. The van der Waals surface area contributed by atoms with Crippen molar-refractivity contribution in [3.63, 3.8) is 0 Å². The number of rotatable bonds is 2. The molecular weight excluding hydrogens is 228 g/mol. The Bertz CT molecular complexity index is 578. The minimum Gasteiger partial charge on any atom is -0.397 e. The Labute approximate surface area is 105 Å². The van der Waals surface area contributed by atoms with Gasteiger partial charge in [-0.15, -0.1) is 0 Å². The molecule has 3 N–H and O–H groups in total. The van der Waals surface area contributed by atoms with Gasteiger partial charge in [-0.3, -0.25) is 9.78 Å². The first-order valence-electron chi connectivity index (χ1n) is 5.53. The van der Waals surface area contributed by atoms with Crippen molar-refractivity contribution in [3.05, 3.63) is 47.5 Å². The van der Waals surface area contributed by atoms with Crippen LogP contribution in [0.25, 0.3) is 0 Å². The molecule has 2 rings (SSSR count). The highest BCUT2D eigenvalue weighted by Crippen LogP contribution is 2.13. The van der Waals surface area contributed by atoms with Crippen LogP contribution >= 0.6 is 0 Å². The number of amides is 1. The van der Waals surface area contributed by atoms with Crippen LogP contribution in [0.2, 0.25) is 0 Å². The van der Waals surface area contributed by atoms with Crippen LogP contribution < -0.4 is 11.1 Å². The van der Waals surface area contributed by atoms with Crippen molar-refractivity contribution in [1.29, 1.82) is 0 Å². The molecule has 0 atom stereocenters. The van der Waals surface area contributed by atoms with Gasteiger partial charge in [-0.2, -0.15) is 0 Å². The van der Waals surface area contributed by atoms with Crippen LogP contribution in [0.4, 0.5) is 11.4 Å². The number of pyridine rings is 2. The lowest BCUT2D eigenvalue weighted by atomic mass is 10.2. The molecule has 0 aliphatic heterocycles. The second kappa shape index (κ2) is 4.83. The number of nitrogen functional groups attached to an aromatic ring is 1. The maximum absolute atomic E-state index is 11.9. The summed E-state index contributed by atoms with van der Waals surface area (Å²) in [6, 6.07) is 6.90. The van der Waals surface area contributed by atoms with Crippen molar-refractivity contribution in [2.45, 2.75) is 13.8 Å². The van der Waals surface area contributed by atoms with E-state index < -0.39 is 0 Å². The molecule has 2 aromatic heterocycles. The number of aromatic nitrogens is 2. The Balaban J connectivity index is 2.18. The summed E-state index contributed by atoms with van der Waals surface area (Å²) in [6.45, 7) is 3.75. The maximum atomic E-state index is 11.9. The fraction of sp³-hybridized carbons (Fsp3) is 0.154. The molecule has 0 unspecified atom stereocenters. The molecule has 2 aromatic rings. The summed E-state index contributed by atoms with van der Waals surface area (Å²) >= 11 is 0. The molecule has 1 amide bonds. The Kier molecular flexibility index (Phi) is 3.23. The van der Waals surface area contributed by atoms with Gasteiger partial charge in [0.2, 0.25) is 0 Å². The molecule has 2 heterocycles. The smallest absolute Gasteiger partial charge is 0.274 e. The van der Waals surface area contributed by atoms with E-state index in [2.05, 4.69) is 15.3 Å². The third kappa shape index (κ3) is 2.63. The molecule has 0 bridgehead atoms. The molecule has 0 spiro atoms. The van der Waals surface area contributed by atoms with E-state index in [1.807, 2.05) is 26.0 Å². The molecule has 0 saturated carbocycles. The van der Waals surface area contributed by atoms with E-state index in [1.54, 1.807) is 12.1 Å². The topological polar surface area (TPSA) is 80.9 Å². The van der Waals surface area contributed by atoms with Gasteiger partial charge < -0.3 is 11.1 Å². The third-order valence-corrected chi connectivity index (χ3v) is 2.49. The molecular formula is C13H14N4O. The van der Waals surface area contributed by atoms with Crippen molar-refractivity contribution in [2.75, 3.05) is 11.1 Å². The van der Waals surface area contributed by atoms with Gasteiger partial charge in [-0.25, -0.2) is 4.98 Å². The second-order valence-electron chi connectivity index (χ2n) is 4.02. The van der Waals surface area contributed by atoms with Gasteiger partial charge in [0.1, 0.15) is 5.69 Å². The predicted octanol–water partition coefficient (Wildman–Crippen LogP) is 1.93. The molecule has 0 radical (unpaired) electrons. The number of nitrogens with zero attached hydrogens (tertiary/aromatic N) is 2. The first-order valence-corrected chi connectivity index (χ1v) is 5.53. The zero-order chi connectivity index (χ0) is 13.1. The summed E-state index contributed by atoms with van der Waals surface area (Å²) in [5.74, 6) is -0.274. The van der Waals surface area contributed by atoms with E-state index in [1.165, 1.54) is 6.20 Å². The van der Waals surface area contributed by atoms with E-state index in [-0.39, 0.29) is 5.91 Å². The quantitative estimate of drug-likeness (QED) is 0.843. The zero-order valence-corrected chi connectivity index (χ0v) is 10.3. The van der Waals surface area contributed by atoms with Gasteiger partial charge in [0.05, 0.1) is 23.3 Å². The fourth-order valence-corrected chi connectivity index (χ4v) is 1.54. The summed E-state index contributed by atoms with van der Waals surface area (Å²) in [5, 5.41) is 2.77. The first-order chi connectivity index (χ1) is 8.56. The second-order valence-corrected chi connectivity index (χ2v) is 4.02. The van der Waals surface area contributed by atoms with Crippen molar-refractivity contribution < 1.29 is 4.79 Å². The minimum absolute atomic E-state index is 0.274. The fourth-order valence-electron chi connectivity index (χ4n) is 1.54. The monoisotopic (exact) mass is 242 g/mol. The number of carbonyl (C=O) groups is 1. The number of nitrogens with one attached hydrogen (secondary N) is 1. The van der Waals surface area contributed by atoms with E-state index in [9.17, 15) is 4.79 Å². The van der Waals surface area contributed by atoms with Gasteiger partial charge in [0.15, 0.2) is 0 Å². The number of nitrogens with two attached hydrogens (primary N) is 1. The number of anilines is 2. The van der Waals surface area contributed by atoms with Crippen LogP contribution in [0.15, 0.2) is 30.5 Å². The molecule has 0 saturated heterocycles. The number of hydrogen-bond acceptors (Lipinski definition) is 4. The first kappa shape index (κ1) is 12.0. The summed E-state index contributed by atoms with van der Waals surface area (Å²) in [6.07, 6.45) is 1.45. The molecule has 0 fully saturated rings. The number of carbonyl (C=O) groups excluding carboxylic acids is 1. The Morgan fingerprint density at radius 2 is 2.00 bits per heavy atom. The highest BCUT2D eigenvalue weighted by Gasteiger charge is 2.09. The van der Waals surface area contributed by atoms with Gasteiger partial charge in [-0.05, 0) is 38.1 Å². The lowest BCUT2D eigenvalue weighted by Crippen LogP contribution is -2.14. The molecule has 5 nitrogen and oxygen atoms in total. The normalized spacial score (nSPS) is 10.1. The van der Waals surface area contributed by atoms with Crippen LogP contribution in [0.1, 0.15) is 21.9 Å². The van der Waals surface area contributed by atoms with Gasteiger partial charge in [0, 0.05) is 5.69 Å². The summed E-state index contributed by atoms with van der Waals surface area (Å²) < 4.78 is 0. The van der Waals surface area contributed by atoms with Gasteiger partial charge in [0.25, 0.3) is 5.91 Å². The van der Waals surface area contributed by atoms with Crippen LogP contribution in [0.5, 0.6) is 0 Å². The molecule has 0 aliphatic rings. The van der Waals surface area contributed by atoms with Crippen molar-refractivity contribution in [2.24, 2.45) is 0 Å². The lowest BCUT2D eigenvalue weighted by Gasteiger charge is -2.07. The molecule has 5 heteroatoms. The van der Waals surface area contributed by atoms with E-state index in [4.69, 9.17) is 5.73 Å². The number of aryl methyl sites for hydroxylation is 2. The van der Waals surface area contributed by atoms with Crippen molar-refractivity contribution in [1.82, 2.24) is 9.97 Å². The zero-order valence-electron chi connectivity index (χ0n) is 10.3. The summed E-state index contributed by atoms with van der Waals surface area (Å²) in [4.78, 5) is 20.2. The average molecular weight is 242 g/mol. The Morgan fingerprint density at radius 1 is 1.22 bits per heavy atom. The largest absolute Gasteiger partial charge is 0.397 e. The third-order valence-electron chi connectivity index (χ3n) is 2.49. The minimum atomic E-state index is -0.274. The van der Waals surface area contributed by atoms with E-state index in [0.717, 1.165) is 11.4 Å². The predicted molar refractivity (Wildman–Crippen MR) is 70.3 cm³/mol. The highest BCUT2D eigenvalue weighted by molar-refractivity contribution is 6.03. The number of hydrogen-bond donors (Lipinski definition) is 2. The van der Waals surface area contributed by atoms with Crippen LogP contribution in [0, 0.1) is 13.8 Å². The van der Waals surface area contributed by atoms with Gasteiger partial charge in [-0.1, -0.05) is 0 Å². The lowest BCUT2D eigenvalue weighted by molar-refractivity contribution is 0.102. The molecule has 0 aromatic carbocycles. The molecule has 0 aliphatic carbocycles. The maximum Gasteiger partial charge on any atom is 0.274 e. The van der Waals surface area contributed by atoms with Crippen LogP contribution in [-0.2, 0) is 0 Å². The molecule has 92 valence electrons. The standard InChI is InChI=1S/C13H14N4O/c1-8-3-5-11(9(2)16-8)17-13(18)12-6-4-10(14)7-15-12/h3-7H,14H2,1-2H3,(H,17,18). The summed E-state index contributed by atoms with van der Waals surface area (Å²) in [5.41, 5.74) is 8.74. The molecule has 18 heavy (non-hydrogen) atoms. The van der Waals surface area contributed by atoms with Gasteiger partial charge >= 0.3 is 0 Å². The average Bonchev–Trinajstić information content (AvgIpc) is 2.33. The SMILES string of the molecule is Cc1ccc(NC(=O)c2ccc(N)cn2)c(C)n1.